The number of aromatic nitrogens is 4. The summed E-state index contributed by atoms with van der Waals surface area (Å²) < 4.78 is 1.76. The van der Waals surface area contributed by atoms with E-state index in [1.807, 2.05) is 56.3 Å². The van der Waals surface area contributed by atoms with Gasteiger partial charge in [0, 0.05) is 11.4 Å². The van der Waals surface area contributed by atoms with Crippen molar-refractivity contribution in [3.05, 3.63) is 97.1 Å². The lowest BCUT2D eigenvalue weighted by atomic mass is 10.1. The number of para-hydroxylation sites is 1. The van der Waals surface area contributed by atoms with Crippen molar-refractivity contribution < 1.29 is 0 Å². The molecule has 6 nitrogen and oxygen atoms in total. The van der Waals surface area contributed by atoms with Crippen LogP contribution in [0.25, 0.3) is 21.1 Å². The van der Waals surface area contributed by atoms with Gasteiger partial charge < -0.3 is 4.98 Å². The van der Waals surface area contributed by atoms with Gasteiger partial charge in [0.2, 0.25) is 0 Å². The first-order valence-corrected chi connectivity index (χ1v) is 13.0. The minimum absolute atomic E-state index is 0.0393. The van der Waals surface area contributed by atoms with Gasteiger partial charge in [-0.15, -0.1) is 11.3 Å². The van der Waals surface area contributed by atoms with Crippen molar-refractivity contribution >= 4 is 44.2 Å². The summed E-state index contributed by atoms with van der Waals surface area (Å²) in [5.74, 6) is 1.01. The lowest BCUT2D eigenvalue weighted by Gasteiger charge is -2.13. The SMILES string of the molecule is Cc1sc2nc(CSc3nc4ccccc4c(=O)n3CCCc3ccccc3)[nH]c(=O)c2c1C. The summed E-state index contributed by atoms with van der Waals surface area (Å²) in [7, 11) is 0. The fourth-order valence-electron chi connectivity index (χ4n) is 4.04. The second-order valence-electron chi connectivity index (χ2n) is 8.22. The van der Waals surface area contributed by atoms with Crippen LogP contribution < -0.4 is 11.1 Å². The molecular formula is C26H24N4O2S2. The molecule has 34 heavy (non-hydrogen) atoms. The van der Waals surface area contributed by atoms with Gasteiger partial charge in [-0.25, -0.2) is 9.97 Å². The van der Waals surface area contributed by atoms with E-state index in [0.29, 0.717) is 39.6 Å². The summed E-state index contributed by atoms with van der Waals surface area (Å²) in [6.45, 7) is 4.52. The third-order valence-corrected chi connectivity index (χ3v) is 8.03. The van der Waals surface area contributed by atoms with Gasteiger partial charge in [0.15, 0.2) is 5.16 Å². The molecule has 3 aromatic heterocycles. The normalized spacial score (nSPS) is 11.5. The van der Waals surface area contributed by atoms with Crippen LogP contribution >= 0.6 is 23.1 Å². The summed E-state index contributed by atoms with van der Waals surface area (Å²) in [6.07, 6.45) is 1.71. The first-order valence-electron chi connectivity index (χ1n) is 11.2. The lowest BCUT2D eigenvalue weighted by Crippen LogP contribution is -2.24. The Morgan fingerprint density at radius 2 is 1.76 bits per heavy atom. The maximum Gasteiger partial charge on any atom is 0.262 e. The number of thiophene rings is 1. The van der Waals surface area contributed by atoms with Crippen LogP contribution in [0.1, 0.15) is 28.2 Å². The van der Waals surface area contributed by atoms with Crippen molar-refractivity contribution in [2.45, 2.75) is 44.1 Å². The van der Waals surface area contributed by atoms with E-state index in [0.717, 1.165) is 28.1 Å². The average molecular weight is 489 g/mol. The molecule has 3 heterocycles. The molecule has 0 fully saturated rings. The number of nitrogens with one attached hydrogen (secondary N) is 1. The highest BCUT2D eigenvalue weighted by atomic mass is 32.2. The van der Waals surface area contributed by atoms with Crippen LogP contribution in [0.4, 0.5) is 0 Å². The van der Waals surface area contributed by atoms with Crippen LogP contribution in [-0.4, -0.2) is 19.5 Å². The van der Waals surface area contributed by atoms with Crippen molar-refractivity contribution in [2.24, 2.45) is 0 Å². The molecule has 0 aliphatic carbocycles. The molecule has 1 N–H and O–H groups in total. The van der Waals surface area contributed by atoms with Crippen molar-refractivity contribution in [1.82, 2.24) is 19.5 Å². The van der Waals surface area contributed by atoms with Gasteiger partial charge in [-0.1, -0.05) is 54.2 Å². The molecule has 0 unspecified atom stereocenters. The zero-order valence-corrected chi connectivity index (χ0v) is 20.6. The number of aryl methyl sites for hydroxylation is 3. The number of aromatic amines is 1. The standard InChI is InChI=1S/C26H24N4O2S2/c1-16-17(2)34-24-22(16)23(31)28-21(29-24)15-33-26-27-20-13-7-6-12-19(20)25(32)30(26)14-8-11-18-9-4-3-5-10-18/h3-7,9-10,12-13H,8,11,14-15H2,1-2H3,(H,28,29,31). The van der Waals surface area contributed by atoms with E-state index >= 15 is 0 Å². The second kappa shape index (κ2) is 9.56. The Morgan fingerprint density at radius 1 is 1.00 bits per heavy atom. The van der Waals surface area contributed by atoms with Gasteiger partial charge >= 0.3 is 0 Å². The Kier molecular flexibility index (Phi) is 6.34. The molecule has 0 atom stereocenters. The first kappa shape index (κ1) is 22.6. The smallest absolute Gasteiger partial charge is 0.262 e. The summed E-state index contributed by atoms with van der Waals surface area (Å²) in [6, 6.07) is 17.7. The molecule has 0 saturated heterocycles. The Labute approximate surface area is 204 Å². The maximum atomic E-state index is 13.3. The predicted octanol–water partition coefficient (Wildman–Crippen LogP) is 5.24. The number of hydrogen-bond donors (Lipinski definition) is 1. The number of hydrogen-bond acceptors (Lipinski definition) is 6. The van der Waals surface area contributed by atoms with Crippen LogP contribution in [0.3, 0.4) is 0 Å². The Hall–Kier alpha value is -3.23. The molecule has 5 aromatic rings. The number of benzene rings is 2. The van der Waals surface area contributed by atoms with E-state index in [2.05, 4.69) is 22.1 Å². The molecule has 0 saturated carbocycles. The summed E-state index contributed by atoms with van der Waals surface area (Å²) >= 11 is 2.96. The van der Waals surface area contributed by atoms with Gasteiger partial charge in [-0.3, -0.25) is 14.2 Å². The molecule has 8 heteroatoms. The summed E-state index contributed by atoms with van der Waals surface area (Å²) in [5.41, 5.74) is 2.75. The molecule has 172 valence electrons. The van der Waals surface area contributed by atoms with Crippen molar-refractivity contribution in [3.8, 4) is 0 Å². The van der Waals surface area contributed by atoms with Gasteiger partial charge in [-0.05, 0) is 49.9 Å². The van der Waals surface area contributed by atoms with Crippen molar-refractivity contribution in [1.29, 1.82) is 0 Å². The van der Waals surface area contributed by atoms with Crippen LogP contribution in [0.15, 0.2) is 69.3 Å². The molecule has 0 aliphatic rings. The second-order valence-corrected chi connectivity index (χ2v) is 10.4. The molecular weight excluding hydrogens is 464 g/mol. The van der Waals surface area contributed by atoms with Crippen LogP contribution in [-0.2, 0) is 18.7 Å². The topological polar surface area (TPSA) is 80.6 Å². The molecule has 0 spiro atoms. The highest BCUT2D eigenvalue weighted by Crippen LogP contribution is 2.27. The number of H-pyrrole nitrogens is 1. The monoisotopic (exact) mass is 488 g/mol. The first-order chi connectivity index (χ1) is 16.5. The van der Waals surface area contributed by atoms with Gasteiger partial charge in [-0.2, -0.15) is 0 Å². The number of fused-ring (bicyclic) bond motifs is 2. The van der Waals surface area contributed by atoms with E-state index in [9.17, 15) is 9.59 Å². The van der Waals surface area contributed by atoms with Gasteiger partial charge in [0.1, 0.15) is 10.7 Å². The molecule has 0 radical (unpaired) electrons. The molecule has 0 bridgehead atoms. The summed E-state index contributed by atoms with van der Waals surface area (Å²) in [5, 5.41) is 1.92. The van der Waals surface area contributed by atoms with Crippen LogP contribution in [0.5, 0.6) is 0 Å². The van der Waals surface area contributed by atoms with Gasteiger partial charge in [0.25, 0.3) is 11.1 Å². The fraction of sp³-hybridized carbons (Fsp3) is 0.231. The third-order valence-electron chi connectivity index (χ3n) is 5.94. The number of nitrogens with zero attached hydrogens (tertiary/aromatic N) is 3. The summed E-state index contributed by atoms with van der Waals surface area (Å²) in [4.78, 5) is 40.2. The van der Waals surface area contributed by atoms with E-state index in [1.54, 1.807) is 4.57 Å². The Balaban J connectivity index is 1.44. The quantitative estimate of drug-likeness (QED) is 0.250. The number of thioether (sulfide) groups is 1. The van der Waals surface area contributed by atoms with E-state index in [1.165, 1.54) is 28.7 Å². The predicted molar refractivity (Wildman–Crippen MR) is 140 cm³/mol. The number of rotatable bonds is 7. The van der Waals surface area contributed by atoms with Crippen LogP contribution in [0, 0.1) is 13.8 Å². The van der Waals surface area contributed by atoms with Crippen molar-refractivity contribution in [2.75, 3.05) is 0 Å². The van der Waals surface area contributed by atoms with E-state index < -0.39 is 0 Å². The zero-order chi connectivity index (χ0) is 23.7. The van der Waals surface area contributed by atoms with Gasteiger partial charge in [0.05, 0.1) is 22.0 Å². The third kappa shape index (κ3) is 4.43. The highest BCUT2D eigenvalue weighted by molar-refractivity contribution is 7.98. The van der Waals surface area contributed by atoms with E-state index in [4.69, 9.17) is 4.98 Å². The molecule has 2 aromatic carbocycles. The zero-order valence-electron chi connectivity index (χ0n) is 19.0. The van der Waals surface area contributed by atoms with Crippen LogP contribution in [0.2, 0.25) is 0 Å². The van der Waals surface area contributed by atoms with E-state index in [-0.39, 0.29) is 11.1 Å². The minimum Gasteiger partial charge on any atom is -0.309 e. The largest absolute Gasteiger partial charge is 0.309 e. The molecule has 0 amide bonds. The Morgan fingerprint density at radius 3 is 2.59 bits per heavy atom. The highest BCUT2D eigenvalue weighted by Gasteiger charge is 2.15. The fourth-order valence-corrected chi connectivity index (χ4v) is 5.99. The Bertz CT molecular complexity index is 1600. The van der Waals surface area contributed by atoms with Crippen molar-refractivity contribution in [3.63, 3.8) is 0 Å². The lowest BCUT2D eigenvalue weighted by molar-refractivity contribution is 0.564. The molecule has 0 aliphatic heterocycles. The maximum absolute atomic E-state index is 13.3. The molecule has 5 rings (SSSR count). The minimum atomic E-state index is -0.117. The average Bonchev–Trinajstić information content (AvgIpc) is 3.13.